The van der Waals surface area contributed by atoms with Crippen molar-refractivity contribution in [2.75, 3.05) is 5.73 Å². The number of aromatic nitrogens is 4. The van der Waals surface area contributed by atoms with Crippen LogP contribution in [0.15, 0.2) is 15.8 Å². The number of nitrogens with two attached hydrogens (primary N) is 1. The third-order valence-electron chi connectivity index (χ3n) is 1.48. The summed E-state index contributed by atoms with van der Waals surface area (Å²) in [6.45, 7) is 1.85. The van der Waals surface area contributed by atoms with E-state index >= 15 is 0 Å². The van der Waals surface area contributed by atoms with E-state index in [0.29, 0.717) is 22.7 Å². The molecule has 7 heteroatoms. The fourth-order valence-electron chi connectivity index (χ4n) is 0.917. The van der Waals surface area contributed by atoms with Gasteiger partial charge in [0, 0.05) is 0 Å². The normalized spacial score (nSPS) is 10.6. The average Bonchev–Trinajstić information content (AvgIpc) is 2.72. The lowest BCUT2D eigenvalue weighted by atomic mass is 10.6. The summed E-state index contributed by atoms with van der Waals surface area (Å²) in [6, 6.07) is 0. The molecule has 2 rings (SSSR count). The van der Waals surface area contributed by atoms with Gasteiger partial charge in [-0.3, -0.25) is 0 Å². The van der Waals surface area contributed by atoms with Crippen LogP contribution < -0.4 is 5.73 Å². The number of hydrogen-bond donors (Lipinski definition) is 2. The number of oxazole rings is 1. The largest absolute Gasteiger partial charge is 0.445 e. The van der Waals surface area contributed by atoms with Crippen molar-refractivity contribution in [3.8, 4) is 0 Å². The number of aryl methyl sites for hydroxylation is 1. The minimum Gasteiger partial charge on any atom is -0.445 e. The van der Waals surface area contributed by atoms with Crippen molar-refractivity contribution in [2.24, 2.45) is 0 Å². The first-order valence-corrected chi connectivity index (χ1v) is 4.94. The summed E-state index contributed by atoms with van der Waals surface area (Å²) in [5.41, 5.74) is 5.37. The van der Waals surface area contributed by atoms with Gasteiger partial charge in [-0.15, -0.1) is 5.10 Å². The standard InChI is InChI=1S/C7H9N5OS/c1-4-2-9-5(13-4)3-14-7-10-6(8)11-12-7/h2H,3H2,1H3,(H3,8,10,11,12). The van der Waals surface area contributed by atoms with Crippen LogP contribution in [0.5, 0.6) is 0 Å². The molecule has 0 unspecified atom stereocenters. The van der Waals surface area contributed by atoms with Crippen LogP contribution in [0.4, 0.5) is 5.95 Å². The van der Waals surface area contributed by atoms with Gasteiger partial charge in [0.05, 0.1) is 11.9 Å². The third-order valence-corrected chi connectivity index (χ3v) is 2.31. The summed E-state index contributed by atoms with van der Waals surface area (Å²) >= 11 is 1.42. The third kappa shape index (κ3) is 2.05. The van der Waals surface area contributed by atoms with Crippen LogP contribution in [0.2, 0.25) is 0 Å². The van der Waals surface area contributed by atoms with Gasteiger partial charge in [-0.25, -0.2) is 10.1 Å². The molecule has 2 aromatic rings. The molecule has 0 saturated heterocycles. The first-order valence-electron chi connectivity index (χ1n) is 3.96. The molecular weight excluding hydrogens is 202 g/mol. The molecule has 0 atom stereocenters. The Balaban J connectivity index is 1.94. The van der Waals surface area contributed by atoms with E-state index in [1.807, 2.05) is 6.92 Å². The molecule has 0 bridgehead atoms. The van der Waals surface area contributed by atoms with E-state index in [0.717, 1.165) is 5.76 Å². The van der Waals surface area contributed by atoms with Crippen LogP contribution in [0.1, 0.15) is 11.7 Å². The highest BCUT2D eigenvalue weighted by molar-refractivity contribution is 7.98. The van der Waals surface area contributed by atoms with Gasteiger partial charge in [0.15, 0.2) is 0 Å². The molecule has 0 spiro atoms. The lowest BCUT2D eigenvalue weighted by Crippen LogP contribution is -1.85. The molecule has 2 heterocycles. The van der Waals surface area contributed by atoms with Crippen molar-refractivity contribution in [3.05, 3.63) is 17.8 Å². The lowest BCUT2D eigenvalue weighted by molar-refractivity contribution is 0.490. The van der Waals surface area contributed by atoms with Crippen molar-refractivity contribution >= 4 is 17.7 Å². The maximum atomic E-state index is 5.37. The number of H-pyrrole nitrogens is 1. The number of hydrogen-bond acceptors (Lipinski definition) is 6. The Morgan fingerprint density at radius 2 is 2.50 bits per heavy atom. The molecule has 0 aliphatic carbocycles. The van der Waals surface area contributed by atoms with E-state index < -0.39 is 0 Å². The molecule has 74 valence electrons. The quantitative estimate of drug-likeness (QED) is 0.735. The van der Waals surface area contributed by atoms with Gasteiger partial charge in [-0.05, 0) is 6.92 Å². The second-order valence-corrected chi connectivity index (χ2v) is 3.60. The summed E-state index contributed by atoms with van der Waals surface area (Å²) in [6.07, 6.45) is 1.68. The van der Waals surface area contributed by atoms with Crippen LogP contribution >= 0.6 is 11.8 Å². The van der Waals surface area contributed by atoms with E-state index in [9.17, 15) is 0 Å². The second-order valence-electron chi connectivity index (χ2n) is 2.66. The van der Waals surface area contributed by atoms with Crippen molar-refractivity contribution in [1.29, 1.82) is 0 Å². The highest BCUT2D eigenvalue weighted by atomic mass is 32.2. The average molecular weight is 211 g/mol. The number of nitrogen functional groups attached to an aromatic ring is 1. The van der Waals surface area contributed by atoms with Crippen molar-refractivity contribution < 1.29 is 4.42 Å². The first-order chi connectivity index (χ1) is 6.74. The second kappa shape index (κ2) is 3.70. The van der Waals surface area contributed by atoms with Crippen molar-refractivity contribution in [1.82, 2.24) is 20.2 Å². The van der Waals surface area contributed by atoms with E-state index in [1.54, 1.807) is 6.20 Å². The predicted octanol–water partition coefficient (Wildman–Crippen LogP) is 0.976. The smallest absolute Gasteiger partial charge is 0.216 e. The Kier molecular flexibility index (Phi) is 2.40. The number of rotatable bonds is 3. The zero-order chi connectivity index (χ0) is 9.97. The van der Waals surface area contributed by atoms with Gasteiger partial charge in [-0.1, -0.05) is 11.8 Å². The maximum absolute atomic E-state index is 5.37. The summed E-state index contributed by atoms with van der Waals surface area (Å²) in [5, 5.41) is 7.02. The highest BCUT2D eigenvalue weighted by Gasteiger charge is 2.05. The molecule has 6 nitrogen and oxygen atoms in total. The Morgan fingerprint density at radius 3 is 3.07 bits per heavy atom. The van der Waals surface area contributed by atoms with Crippen LogP contribution in [0, 0.1) is 6.92 Å². The van der Waals surface area contributed by atoms with Gasteiger partial charge in [0.2, 0.25) is 17.0 Å². The fourth-order valence-corrected chi connectivity index (χ4v) is 1.58. The molecule has 0 saturated carbocycles. The van der Waals surface area contributed by atoms with E-state index in [4.69, 9.17) is 10.2 Å². The number of anilines is 1. The van der Waals surface area contributed by atoms with Gasteiger partial charge >= 0.3 is 0 Å². The lowest BCUT2D eigenvalue weighted by Gasteiger charge is -1.90. The minimum absolute atomic E-state index is 0.316. The Hall–Kier alpha value is -1.50. The molecule has 0 fully saturated rings. The van der Waals surface area contributed by atoms with Gasteiger partial charge in [0.25, 0.3) is 0 Å². The van der Waals surface area contributed by atoms with Gasteiger partial charge in [0.1, 0.15) is 5.76 Å². The first kappa shape index (κ1) is 9.07. The number of aromatic amines is 1. The number of nitrogens with one attached hydrogen (secondary N) is 1. The Labute approximate surface area is 84.3 Å². The molecule has 0 aliphatic heterocycles. The predicted molar refractivity (Wildman–Crippen MR) is 51.6 cm³/mol. The van der Waals surface area contributed by atoms with E-state index in [2.05, 4.69) is 20.2 Å². The number of thioether (sulfide) groups is 1. The van der Waals surface area contributed by atoms with Crippen molar-refractivity contribution in [3.63, 3.8) is 0 Å². The minimum atomic E-state index is 0.316. The van der Waals surface area contributed by atoms with E-state index in [1.165, 1.54) is 11.8 Å². The monoisotopic (exact) mass is 211 g/mol. The molecule has 0 amide bonds. The summed E-state index contributed by atoms with van der Waals surface area (Å²) < 4.78 is 5.28. The Morgan fingerprint density at radius 1 is 1.64 bits per heavy atom. The van der Waals surface area contributed by atoms with Gasteiger partial charge in [-0.2, -0.15) is 4.98 Å². The molecule has 0 aromatic carbocycles. The van der Waals surface area contributed by atoms with Crippen LogP contribution in [-0.2, 0) is 5.75 Å². The zero-order valence-corrected chi connectivity index (χ0v) is 8.34. The molecule has 3 N–H and O–H groups in total. The summed E-state index contributed by atoms with van der Waals surface area (Å²) in [4.78, 5) is 7.99. The van der Waals surface area contributed by atoms with Gasteiger partial charge < -0.3 is 10.2 Å². The fraction of sp³-hybridized carbons (Fsp3) is 0.286. The SMILES string of the molecule is Cc1cnc(CSc2n[nH]c(N)n2)o1. The maximum Gasteiger partial charge on any atom is 0.216 e. The summed E-state index contributed by atoms with van der Waals surface area (Å²) in [7, 11) is 0. The van der Waals surface area contributed by atoms with Crippen LogP contribution in [-0.4, -0.2) is 20.2 Å². The highest BCUT2D eigenvalue weighted by Crippen LogP contribution is 2.18. The molecular formula is C7H9N5OS. The number of nitrogens with zero attached hydrogens (tertiary/aromatic N) is 3. The van der Waals surface area contributed by atoms with Crippen molar-refractivity contribution in [2.45, 2.75) is 17.8 Å². The molecule has 14 heavy (non-hydrogen) atoms. The molecule has 0 aliphatic rings. The Bertz CT molecular complexity index is 383. The topological polar surface area (TPSA) is 93.6 Å². The molecule has 2 aromatic heterocycles. The van der Waals surface area contributed by atoms with E-state index in [-0.39, 0.29) is 0 Å². The zero-order valence-electron chi connectivity index (χ0n) is 7.52. The van der Waals surface area contributed by atoms with Crippen LogP contribution in [0.3, 0.4) is 0 Å². The summed E-state index contributed by atoms with van der Waals surface area (Å²) in [5.74, 6) is 2.38. The molecule has 0 radical (unpaired) electrons. The van der Waals surface area contributed by atoms with Crippen LogP contribution in [0.25, 0.3) is 0 Å².